The van der Waals surface area contributed by atoms with Crippen LogP contribution in [0.1, 0.15) is 47.5 Å². The first-order valence-corrected chi connectivity index (χ1v) is 6.48. The number of Topliss-reactive ketones (excluding diaryl/α,β-unsaturated/α-hetero) is 1. The monoisotopic (exact) mass is 288 g/mol. The molecule has 4 nitrogen and oxygen atoms in total. The van der Waals surface area contributed by atoms with Crippen LogP contribution in [0, 0.1) is 5.41 Å². The van der Waals surface area contributed by atoms with Crippen LogP contribution in [0.4, 0.5) is 0 Å². The lowest BCUT2D eigenvalue weighted by molar-refractivity contribution is -0.151. The first-order chi connectivity index (χ1) is 8.53. The van der Waals surface area contributed by atoms with E-state index in [1.54, 1.807) is 6.92 Å². The van der Waals surface area contributed by atoms with Crippen LogP contribution in [0.2, 0.25) is 0 Å². The number of hydrogen-bond donors (Lipinski definition) is 0. The molecule has 1 rings (SSSR count). The van der Waals surface area contributed by atoms with Crippen LogP contribution in [0.25, 0.3) is 0 Å². The number of carbonyl (C=O) groups is 3. The van der Waals surface area contributed by atoms with Crippen molar-refractivity contribution in [1.29, 1.82) is 0 Å². The molecule has 0 aliphatic heterocycles. The van der Waals surface area contributed by atoms with E-state index < -0.39 is 12.1 Å². The highest BCUT2D eigenvalue weighted by molar-refractivity contribution is 6.31. The van der Waals surface area contributed by atoms with Gasteiger partial charge in [0.1, 0.15) is 0 Å². The van der Waals surface area contributed by atoms with Gasteiger partial charge in [-0.05, 0) is 31.8 Å². The van der Waals surface area contributed by atoms with Crippen molar-refractivity contribution in [3.05, 3.63) is 11.1 Å². The normalized spacial score (nSPS) is 18.6. The molecule has 19 heavy (non-hydrogen) atoms. The Hall–Kier alpha value is -1.16. The molecule has 0 saturated heterocycles. The van der Waals surface area contributed by atoms with Gasteiger partial charge in [-0.2, -0.15) is 0 Å². The molecular weight excluding hydrogens is 268 g/mol. The molecule has 0 aromatic carbocycles. The molecule has 1 atom stereocenters. The third-order valence-electron chi connectivity index (χ3n) is 2.53. The third-order valence-corrected chi connectivity index (χ3v) is 2.78. The fraction of sp³-hybridized carbons (Fsp3) is 0.643. The maximum absolute atomic E-state index is 10.9. The van der Waals surface area contributed by atoms with E-state index >= 15 is 0 Å². The van der Waals surface area contributed by atoms with Crippen molar-refractivity contribution in [2.75, 3.05) is 0 Å². The Morgan fingerprint density at radius 1 is 1.32 bits per heavy atom. The molecule has 1 unspecified atom stereocenters. The van der Waals surface area contributed by atoms with Crippen molar-refractivity contribution < 1.29 is 19.1 Å². The molecule has 0 N–H and O–H groups in total. The van der Waals surface area contributed by atoms with Gasteiger partial charge in [0, 0.05) is 18.4 Å². The van der Waals surface area contributed by atoms with E-state index in [9.17, 15) is 14.4 Å². The minimum atomic E-state index is -0.595. The lowest BCUT2D eigenvalue weighted by atomic mass is 9.80. The van der Waals surface area contributed by atoms with Gasteiger partial charge in [-0.15, -0.1) is 0 Å². The summed E-state index contributed by atoms with van der Waals surface area (Å²) < 4.78 is 4.52. The summed E-state index contributed by atoms with van der Waals surface area (Å²) in [5.41, 5.74) is 0.0723. The number of esters is 1. The van der Waals surface area contributed by atoms with Crippen molar-refractivity contribution in [2.24, 2.45) is 5.41 Å². The minimum absolute atomic E-state index is 0.0723. The molecule has 108 valence electrons. The summed E-state index contributed by atoms with van der Waals surface area (Å²) in [4.78, 5) is 31.5. The molecule has 0 amide bonds. The van der Waals surface area contributed by atoms with Crippen LogP contribution in [0.15, 0.2) is 11.1 Å². The SMILES string of the molecule is CC(=O)OC(C)C(C)=O.CC1(C)CC(=O)C=C(Cl)C1. The quantitative estimate of drug-likeness (QED) is 0.733. The average Bonchev–Trinajstić information content (AvgIpc) is 2.12. The van der Waals surface area contributed by atoms with Gasteiger partial charge in [-0.1, -0.05) is 25.4 Å². The van der Waals surface area contributed by atoms with Crippen LogP contribution in [0.5, 0.6) is 0 Å². The Bertz CT molecular complexity index is 396. The van der Waals surface area contributed by atoms with Gasteiger partial charge < -0.3 is 4.74 Å². The first kappa shape index (κ1) is 17.8. The van der Waals surface area contributed by atoms with E-state index in [1.165, 1.54) is 19.9 Å². The smallest absolute Gasteiger partial charge is 0.303 e. The highest BCUT2D eigenvalue weighted by Crippen LogP contribution is 2.34. The molecule has 0 heterocycles. The lowest BCUT2D eigenvalue weighted by Crippen LogP contribution is -2.20. The molecular formula is C14H21ClO4. The van der Waals surface area contributed by atoms with E-state index in [4.69, 9.17) is 11.6 Å². The predicted molar refractivity (Wildman–Crippen MR) is 73.9 cm³/mol. The van der Waals surface area contributed by atoms with Crippen molar-refractivity contribution in [3.8, 4) is 0 Å². The second-order valence-corrected chi connectivity index (χ2v) is 5.92. The fourth-order valence-corrected chi connectivity index (χ4v) is 2.08. The van der Waals surface area contributed by atoms with Crippen molar-refractivity contribution in [2.45, 2.75) is 53.6 Å². The maximum atomic E-state index is 10.9. The van der Waals surface area contributed by atoms with Crippen LogP contribution >= 0.6 is 11.6 Å². The summed E-state index contributed by atoms with van der Waals surface area (Å²) in [6.07, 6.45) is 2.40. The number of ketones is 2. The fourth-order valence-electron chi connectivity index (χ4n) is 1.60. The van der Waals surface area contributed by atoms with E-state index in [1.807, 2.05) is 0 Å². The van der Waals surface area contributed by atoms with Gasteiger partial charge in [0.2, 0.25) is 0 Å². The Kier molecular flexibility index (Phi) is 6.98. The second-order valence-electron chi connectivity index (χ2n) is 5.44. The lowest BCUT2D eigenvalue weighted by Gasteiger charge is -2.25. The van der Waals surface area contributed by atoms with Gasteiger partial charge in [0.25, 0.3) is 0 Å². The number of rotatable bonds is 2. The summed E-state index contributed by atoms with van der Waals surface area (Å²) in [5, 5.41) is 0.696. The van der Waals surface area contributed by atoms with Gasteiger partial charge in [-0.25, -0.2) is 0 Å². The zero-order valence-electron chi connectivity index (χ0n) is 12.1. The zero-order chi connectivity index (χ0) is 15.2. The number of halogens is 1. The largest absolute Gasteiger partial charge is 0.455 e. The molecule has 0 radical (unpaired) electrons. The number of allylic oxidation sites excluding steroid dienone is 2. The minimum Gasteiger partial charge on any atom is -0.455 e. The second kappa shape index (κ2) is 7.43. The molecule has 0 aromatic rings. The van der Waals surface area contributed by atoms with E-state index in [0.717, 1.165) is 6.42 Å². The van der Waals surface area contributed by atoms with Gasteiger partial charge in [-0.3, -0.25) is 14.4 Å². The van der Waals surface area contributed by atoms with Crippen molar-refractivity contribution in [3.63, 3.8) is 0 Å². The Morgan fingerprint density at radius 3 is 2.11 bits per heavy atom. The van der Waals surface area contributed by atoms with E-state index in [-0.39, 0.29) is 17.0 Å². The standard InChI is InChI=1S/C8H11ClO.C6H10O3/c1-8(2)4-6(9)3-7(10)5-8;1-4(7)5(2)9-6(3)8/h3H,4-5H2,1-2H3;5H,1-3H3. The molecule has 0 bridgehead atoms. The maximum Gasteiger partial charge on any atom is 0.303 e. The van der Waals surface area contributed by atoms with Gasteiger partial charge in [0.05, 0.1) is 0 Å². The highest BCUT2D eigenvalue weighted by atomic mass is 35.5. The number of carbonyl (C=O) groups excluding carboxylic acids is 3. The van der Waals surface area contributed by atoms with Gasteiger partial charge in [0.15, 0.2) is 17.7 Å². The molecule has 0 saturated carbocycles. The summed E-state index contributed by atoms with van der Waals surface area (Å²) in [7, 11) is 0. The van der Waals surface area contributed by atoms with Crippen LogP contribution in [-0.2, 0) is 19.1 Å². The Morgan fingerprint density at radius 2 is 1.84 bits per heavy atom. The van der Waals surface area contributed by atoms with Gasteiger partial charge >= 0.3 is 5.97 Å². The summed E-state index contributed by atoms with van der Waals surface area (Å²) in [5.74, 6) is -0.399. The topological polar surface area (TPSA) is 60.4 Å². The highest BCUT2D eigenvalue weighted by Gasteiger charge is 2.26. The molecule has 1 aliphatic carbocycles. The predicted octanol–water partition coefficient (Wildman–Crippen LogP) is 3.03. The van der Waals surface area contributed by atoms with E-state index in [0.29, 0.717) is 11.5 Å². The average molecular weight is 289 g/mol. The first-order valence-electron chi connectivity index (χ1n) is 6.10. The zero-order valence-corrected chi connectivity index (χ0v) is 12.8. The van der Waals surface area contributed by atoms with E-state index in [2.05, 4.69) is 18.6 Å². The molecule has 0 spiro atoms. The number of ether oxygens (including phenoxy) is 1. The molecule has 5 heteroatoms. The molecule has 0 aromatic heterocycles. The van der Waals surface area contributed by atoms with Crippen molar-refractivity contribution >= 4 is 29.1 Å². The van der Waals surface area contributed by atoms with Crippen LogP contribution in [-0.4, -0.2) is 23.6 Å². The van der Waals surface area contributed by atoms with Crippen molar-refractivity contribution in [1.82, 2.24) is 0 Å². The molecule has 0 fully saturated rings. The molecule has 1 aliphatic rings. The van der Waals surface area contributed by atoms with Crippen LogP contribution < -0.4 is 0 Å². The number of hydrogen-bond acceptors (Lipinski definition) is 4. The van der Waals surface area contributed by atoms with Crippen LogP contribution in [0.3, 0.4) is 0 Å². The summed E-state index contributed by atoms with van der Waals surface area (Å²) >= 11 is 5.74. The third kappa shape index (κ3) is 8.54. The summed E-state index contributed by atoms with van der Waals surface area (Å²) in [6, 6.07) is 0. The Balaban J connectivity index is 0.000000344. The summed E-state index contributed by atoms with van der Waals surface area (Å²) in [6.45, 7) is 8.32. The Labute approximate surface area is 119 Å².